The maximum atomic E-state index is 13.9. The number of pyridine rings is 1. The second-order valence-corrected chi connectivity index (χ2v) is 5.83. The maximum Gasteiger partial charge on any atom is 0.229 e. The van der Waals surface area contributed by atoms with E-state index in [1.807, 2.05) is 37.3 Å². The lowest BCUT2D eigenvalue weighted by Gasteiger charge is -2.11. The summed E-state index contributed by atoms with van der Waals surface area (Å²) in [5, 5.41) is 7.23. The molecule has 0 radical (unpaired) electrons. The third-order valence-electron chi connectivity index (χ3n) is 3.87. The van der Waals surface area contributed by atoms with Crippen molar-refractivity contribution in [2.24, 2.45) is 0 Å². The molecular weight excluding hydrogens is 329 g/mol. The summed E-state index contributed by atoms with van der Waals surface area (Å²) in [7, 11) is 0. The lowest BCUT2D eigenvalue weighted by atomic mass is 10.2. The van der Waals surface area contributed by atoms with E-state index in [2.05, 4.69) is 25.6 Å². The van der Waals surface area contributed by atoms with Gasteiger partial charge in [0.2, 0.25) is 5.95 Å². The Balaban J connectivity index is 1.67. The average molecular weight is 345 g/mol. The Hall–Kier alpha value is -3.54. The number of benzene rings is 2. The molecule has 26 heavy (non-hydrogen) atoms. The molecule has 6 heteroatoms. The lowest BCUT2D eigenvalue weighted by Crippen LogP contribution is -2.03. The molecule has 4 aromatic rings. The monoisotopic (exact) mass is 345 g/mol. The number of nitrogens with zero attached hydrogens (tertiary/aromatic N) is 3. The summed E-state index contributed by atoms with van der Waals surface area (Å²) >= 11 is 0. The van der Waals surface area contributed by atoms with E-state index < -0.39 is 0 Å². The molecule has 0 unspecified atom stereocenters. The summed E-state index contributed by atoms with van der Waals surface area (Å²) in [6.45, 7) is 1.86. The average Bonchev–Trinajstić information content (AvgIpc) is 2.64. The molecule has 0 amide bonds. The van der Waals surface area contributed by atoms with Crippen molar-refractivity contribution < 1.29 is 4.39 Å². The summed E-state index contributed by atoms with van der Waals surface area (Å²) in [5.41, 5.74) is 2.77. The normalized spacial score (nSPS) is 10.7. The van der Waals surface area contributed by atoms with Crippen molar-refractivity contribution in [3.8, 4) is 0 Å². The van der Waals surface area contributed by atoms with Crippen LogP contribution >= 0.6 is 0 Å². The molecule has 0 saturated heterocycles. The van der Waals surface area contributed by atoms with Crippen molar-refractivity contribution in [1.29, 1.82) is 0 Å². The number of halogens is 1. The second kappa shape index (κ2) is 6.76. The molecule has 0 atom stereocenters. The molecule has 2 aromatic carbocycles. The van der Waals surface area contributed by atoms with E-state index in [1.165, 1.54) is 6.07 Å². The first kappa shape index (κ1) is 16.0. The predicted molar refractivity (Wildman–Crippen MR) is 101 cm³/mol. The van der Waals surface area contributed by atoms with Crippen LogP contribution in [0.4, 0.5) is 27.5 Å². The number of rotatable bonds is 4. The minimum absolute atomic E-state index is 0.337. The molecule has 0 spiro atoms. The standard InChI is InChI=1S/C20H16FN5/c1-13-12-18(24-16-9-3-2-8-15(16)21)26-20(23-13)25-17-10-4-6-14-7-5-11-22-19(14)17/h2-12H,1H3,(H2,23,24,25,26). The van der Waals surface area contributed by atoms with Crippen LogP contribution in [0.1, 0.15) is 5.69 Å². The van der Waals surface area contributed by atoms with Crippen LogP contribution in [0.2, 0.25) is 0 Å². The highest BCUT2D eigenvalue weighted by Crippen LogP contribution is 2.25. The van der Waals surface area contributed by atoms with Gasteiger partial charge in [-0.1, -0.05) is 30.3 Å². The first-order valence-corrected chi connectivity index (χ1v) is 8.17. The number of para-hydroxylation sites is 2. The molecule has 0 saturated carbocycles. The molecule has 0 fully saturated rings. The summed E-state index contributed by atoms with van der Waals surface area (Å²) in [5.74, 6) is 0.594. The molecule has 4 rings (SSSR count). The summed E-state index contributed by atoms with van der Waals surface area (Å²) in [4.78, 5) is 13.3. The SMILES string of the molecule is Cc1cc(Nc2ccccc2F)nc(Nc2cccc3cccnc23)n1. The van der Waals surface area contributed by atoms with Gasteiger partial charge in [-0.15, -0.1) is 0 Å². The van der Waals surface area contributed by atoms with Crippen molar-refractivity contribution in [2.75, 3.05) is 10.6 Å². The van der Waals surface area contributed by atoms with Crippen LogP contribution in [-0.4, -0.2) is 15.0 Å². The van der Waals surface area contributed by atoms with E-state index in [0.29, 0.717) is 17.5 Å². The van der Waals surface area contributed by atoms with Crippen LogP contribution < -0.4 is 10.6 Å². The zero-order valence-corrected chi connectivity index (χ0v) is 14.1. The third-order valence-corrected chi connectivity index (χ3v) is 3.87. The maximum absolute atomic E-state index is 13.9. The van der Waals surface area contributed by atoms with E-state index in [9.17, 15) is 4.39 Å². The summed E-state index contributed by atoms with van der Waals surface area (Å²) in [6.07, 6.45) is 1.75. The third kappa shape index (κ3) is 3.30. The minimum atomic E-state index is -0.337. The molecule has 2 heterocycles. The zero-order chi connectivity index (χ0) is 17.9. The van der Waals surface area contributed by atoms with Gasteiger partial charge in [-0.2, -0.15) is 4.98 Å². The van der Waals surface area contributed by atoms with Gasteiger partial charge >= 0.3 is 0 Å². The van der Waals surface area contributed by atoms with Crippen molar-refractivity contribution in [3.63, 3.8) is 0 Å². The van der Waals surface area contributed by atoms with Crippen molar-refractivity contribution in [1.82, 2.24) is 15.0 Å². The number of fused-ring (bicyclic) bond motifs is 1. The molecule has 0 aliphatic heterocycles. The fraction of sp³-hybridized carbons (Fsp3) is 0.0500. The van der Waals surface area contributed by atoms with Crippen LogP contribution in [0, 0.1) is 12.7 Å². The Kier molecular flexibility index (Phi) is 4.15. The Morgan fingerprint density at radius 2 is 1.65 bits per heavy atom. The van der Waals surface area contributed by atoms with E-state index in [1.54, 1.807) is 30.5 Å². The highest BCUT2D eigenvalue weighted by molar-refractivity contribution is 5.91. The zero-order valence-electron chi connectivity index (χ0n) is 14.1. The molecule has 5 nitrogen and oxygen atoms in total. The Morgan fingerprint density at radius 1 is 0.846 bits per heavy atom. The topological polar surface area (TPSA) is 62.7 Å². The summed E-state index contributed by atoms with van der Waals surface area (Å²) in [6, 6.07) is 18.0. The first-order chi connectivity index (χ1) is 12.7. The second-order valence-electron chi connectivity index (χ2n) is 5.83. The van der Waals surface area contributed by atoms with Crippen LogP contribution in [0.15, 0.2) is 66.9 Å². The molecule has 2 N–H and O–H groups in total. The Labute approximate surface area is 150 Å². The van der Waals surface area contributed by atoms with Crippen LogP contribution in [0.5, 0.6) is 0 Å². The van der Waals surface area contributed by atoms with Crippen LogP contribution in [-0.2, 0) is 0 Å². The fourth-order valence-electron chi connectivity index (χ4n) is 2.71. The highest BCUT2D eigenvalue weighted by Gasteiger charge is 2.08. The van der Waals surface area contributed by atoms with Gasteiger partial charge in [0.1, 0.15) is 11.6 Å². The van der Waals surface area contributed by atoms with Crippen molar-refractivity contribution in [2.45, 2.75) is 6.92 Å². The lowest BCUT2D eigenvalue weighted by molar-refractivity contribution is 0.632. The van der Waals surface area contributed by atoms with Crippen LogP contribution in [0.3, 0.4) is 0 Å². The van der Waals surface area contributed by atoms with Gasteiger partial charge in [0, 0.05) is 23.3 Å². The molecule has 2 aromatic heterocycles. The first-order valence-electron chi connectivity index (χ1n) is 8.17. The molecular formula is C20H16FN5. The van der Waals surface area contributed by atoms with Crippen LogP contribution in [0.25, 0.3) is 10.9 Å². The van der Waals surface area contributed by atoms with Gasteiger partial charge in [0.25, 0.3) is 0 Å². The molecule has 128 valence electrons. The smallest absolute Gasteiger partial charge is 0.229 e. The van der Waals surface area contributed by atoms with Gasteiger partial charge < -0.3 is 10.6 Å². The van der Waals surface area contributed by atoms with E-state index in [-0.39, 0.29) is 5.82 Å². The number of hydrogen-bond donors (Lipinski definition) is 2. The quantitative estimate of drug-likeness (QED) is 0.547. The Bertz CT molecular complexity index is 1080. The van der Waals surface area contributed by atoms with Gasteiger partial charge in [0.15, 0.2) is 0 Å². The van der Waals surface area contributed by atoms with Gasteiger partial charge in [-0.25, -0.2) is 9.37 Å². The summed E-state index contributed by atoms with van der Waals surface area (Å²) < 4.78 is 13.9. The van der Waals surface area contributed by atoms with E-state index in [4.69, 9.17) is 0 Å². The minimum Gasteiger partial charge on any atom is -0.338 e. The molecule has 0 bridgehead atoms. The Morgan fingerprint density at radius 3 is 2.54 bits per heavy atom. The number of aryl methyl sites for hydroxylation is 1. The predicted octanol–water partition coefficient (Wildman–Crippen LogP) is 4.96. The van der Waals surface area contributed by atoms with E-state index in [0.717, 1.165) is 22.3 Å². The van der Waals surface area contributed by atoms with E-state index >= 15 is 0 Å². The van der Waals surface area contributed by atoms with Gasteiger partial charge in [-0.05, 0) is 31.2 Å². The molecule has 0 aliphatic carbocycles. The molecule has 0 aliphatic rings. The number of aromatic nitrogens is 3. The largest absolute Gasteiger partial charge is 0.338 e. The fourth-order valence-corrected chi connectivity index (χ4v) is 2.71. The highest BCUT2D eigenvalue weighted by atomic mass is 19.1. The van der Waals surface area contributed by atoms with Gasteiger partial charge in [-0.3, -0.25) is 4.98 Å². The number of anilines is 4. The van der Waals surface area contributed by atoms with Crippen molar-refractivity contribution >= 4 is 34.0 Å². The van der Waals surface area contributed by atoms with Crippen molar-refractivity contribution in [3.05, 3.63) is 78.4 Å². The number of hydrogen-bond acceptors (Lipinski definition) is 5. The van der Waals surface area contributed by atoms with Gasteiger partial charge in [0.05, 0.1) is 16.9 Å². The number of nitrogens with one attached hydrogen (secondary N) is 2.